The molecule has 5 heteroatoms. The topological polar surface area (TPSA) is 38.3 Å². The van der Waals surface area contributed by atoms with Crippen molar-refractivity contribution in [2.24, 2.45) is 0 Å². The Morgan fingerprint density at radius 1 is 1.50 bits per heavy atom. The van der Waals surface area contributed by atoms with Gasteiger partial charge in [0.2, 0.25) is 0 Å². The Morgan fingerprint density at radius 2 is 2.33 bits per heavy atom. The first-order valence-corrected chi connectivity index (χ1v) is 7.39. The molecule has 1 unspecified atom stereocenters. The van der Waals surface area contributed by atoms with E-state index in [2.05, 4.69) is 39.0 Å². The number of methoxy groups -OCH3 is 1. The Morgan fingerprint density at radius 3 is 3.00 bits per heavy atom. The molecule has 0 aliphatic rings. The van der Waals surface area contributed by atoms with E-state index < -0.39 is 0 Å². The molecule has 2 heterocycles. The van der Waals surface area contributed by atoms with E-state index in [0.29, 0.717) is 6.54 Å². The Balaban J connectivity index is 1.93. The van der Waals surface area contributed by atoms with E-state index in [1.165, 1.54) is 22.4 Å². The van der Waals surface area contributed by atoms with Crippen molar-refractivity contribution >= 4 is 28.6 Å². The summed E-state index contributed by atoms with van der Waals surface area (Å²) < 4.78 is 4.67. The molecular weight excluding hydrogens is 266 g/mol. The number of carbonyl (C=O) groups excluding carboxylic acids is 1. The third-order valence-electron chi connectivity index (χ3n) is 2.60. The minimum Gasteiger partial charge on any atom is -0.468 e. The second-order valence-corrected chi connectivity index (χ2v) is 5.85. The van der Waals surface area contributed by atoms with Gasteiger partial charge in [-0.25, -0.2) is 0 Å². The van der Waals surface area contributed by atoms with Crippen LogP contribution in [-0.2, 0) is 16.1 Å². The van der Waals surface area contributed by atoms with Crippen LogP contribution in [0.4, 0.5) is 0 Å². The van der Waals surface area contributed by atoms with Crippen LogP contribution in [0.15, 0.2) is 29.0 Å². The van der Waals surface area contributed by atoms with Crippen LogP contribution in [0.5, 0.6) is 0 Å². The quantitative estimate of drug-likeness (QED) is 0.856. The molecule has 0 radical (unpaired) electrons. The third kappa shape index (κ3) is 3.19. The maximum absolute atomic E-state index is 11.2. The SMILES string of the molecule is COC(=O)C(C)NCc1cc(-c2cccs2)cs1. The summed E-state index contributed by atoms with van der Waals surface area (Å²) in [6.07, 6.45) is 0. The minimum atomic E-state index is -0.276. The number of ether oxygens (including phenoxy) is 1. The van der Waals surface area contributed by atoms with Gasteiger partial charge in [0.05, 0.1) is 7.11 Å². The molecule has 96 valence electrons. The zero-order chi connectivity index (χ0) is 13.0. The maximum Gasteiger partial charge on any atom is 0.322 e. The van der Waals surface area contributed by atoms with Crippen LogP contribution in [0.25, 0.3) is 10.4 Å². The van der Waals surface area contributed by atoms with E-state index in [-0.39, 0.29) is 12.0 Å². The first-order chi connectivity index (χ1) is 8.70. The number of hydrogen-bond acceptors (Lipinski definition) is 5. The lowest BCUT2D eigenvalue weighted by Crippen LogP contribution is -2.34. The fourth-order valence-corrected chi connectivity index (χ4v) is 3.18. The van der Waals surface area contributed by atoms with Crippen molar-refractivity contribution in [3.8, 4) is 10.4 Å². The maximum atomic E-state index is 11.2. The average Bonchev–Trinajstić information content (AvgIpc) is 3.04. The standard InChI is InChI=1S/C13H15NO2S2/c1-9(13(15)16-2)14-7-11-6-10(8-18-11)12-4-3-5-17-12/h3-6,8-9,14H,7H2,1-2H3. The van der Waals surface area contributed by atoms with Gasteiger partial charge in [0.25, 0.3) is 0 Å². The smallest absolute Gasteiger partial charge is 0.322 e. The number of esters is 1. The molecule has 0 aromatic carbocycles. The summed E-state index contributed by atoms with van der Waals surface area (Å²) in [5.41, 5.74) is 1.25. The summed E-state index contributed by atoms with van der Waals surface area (Å²) >= 11 is 3.44. The molecule has 1 atom stereocenters. The van der Waals surface area contributed by atoms with E-state index in [1.54, 1.807) is 29.6 Å². The van der Waals surface area contributed by atoms with Crippen molar-refractivity contribution in [2.75, 3.05) is 7.11 Å². The van der Waals surface area contributed by atoms with Gasteiger partial charge >= 0.3 is 5.97 Å². The average molecular weight is 281 g/mol. The molecule has 0 bridgehead atoms. The lowest BCUT2D eigenvalue weighted by molar-refractivity contribution is -0.142. The first-order valence-electron chi connectivity index (χ1n) is 5.63. The van der Waals surface area contributed by atoms with Crippen LogP contribution in [0.1, 0.15) is 11.8 Å². The predicted molar refractivity (Wildman–Crippen MR) is 75.9 cm³/mol. The van der Waals surface area contributed by atoms with E-state index in [9.17, 15) is 4.79 Å². The Labute approximate surface area is 114 Å². The van der Waals surface area contributed by atoms with E-state index in [4.69, 9.17) is 0 Å². The molecule has 0 aliphatic carbocycles. The molecule has 2 rings (SSSR count). The van der Waals surface area contributed by atoms with Crippen LogP contribution in [-0.4, -0.2) is 19.1 Å². The van der Waals surface area contributed by atoms with Gasteiger partial charge in [0.1, 0.15) is 6.04 Å². The van der Waals surface area contributed by atoms with Crippen molar-refractivity contribution in [1.29, 1.82) is 0 Å². The third-order valence-corrected chi connectivity index (χ3v) is 4.45. The van der Waals surface area contributed by atoms with Gasteiger partial charge in [-0.2, -0.15) is 0 Å². The molecule has 1 N–H and O–H groups in total. The molecule has 0 saturated heterocycles. The van der Waals surface area contributed by atoms with E-state index in [0.717, 1.165) is 0 Å². The molecule has 0 amide bonds. The zero-order valence-electron chi connectivity index (χ0n) is 10.3. The van der Waals surface area contributed by atoms with Crippen molar-refractivity contribution in [3.63, 3.8) is 0 Å². The summed E-state index contributed by atoms with van der Waals surface area (Å²) in [5.74, 6) is -0.231. The lowest BCUT2D eigenvalue weighted by Gasteiger charge is -2.09. The van der Waals surface area contributed by atoms with Gasteiger partial charge in [-0.05, 0) is 29.8 Å². The van der Waals surface area contributed by atoms with Crippen LogP contribution in [0, 0.1) is 0 Å². The minimum absolute atomic E-state index is 0.231. The molecule has 18 heavy (non-hydrogen) atoms. The second-order valence-electron chi connectivity index (χ2n) is 3.90. The van der Waals surface area contributed by atoms with Crippen molar-refractivity contribution in [1.82, 2.24) is 5.32 Å². The molecule has 0 aliphatic heterocycles. The van der Waals surface area contributed by atoms with E-state index >= 15 is 0 Å². The number of nitrogens with one attached hydrogen (secondary N) is 1. The van der Waals surface area contributed by atoms with E-state index in [1.807, 2.05) is 0 Å². The van der Waals surface area contributed by atoms with Gasteiger partial charge in [-0.15, -0.1) is 22.7 Å². The van der Waals surface area contributed by atoms with Gasteiger partial charge in [-0.3, -0.25) is 10.1 Å². The number of thiophene rings is 2. The molecule has 0 fully saturated rings. The fourth-order valence-electron chi connectivity index (χ4n) is 1.56. The number of rotatable bonds is 5. The Kier molecular flexibility index (Phi) is 4.52. The van der Waals surface area contributed by atoms with Crippen molar-refractivity contribution < 1.29 is 9.53 Å². The molecule has 2 aromatic heterocycles. The monoisotopic (exact) mass is 281 g/mol. The lowest BCUT2D eigenvalue weighted by atomic mass is 10.2. The predicted octanol–water partition coefficient (Wildman–Crippen LogP) is 3.13. The van der Waals surface area contributed by atoms with Gasteiger partial charge in [0, 0.05) is 21.9 Å². The Hall–Kier alpha value is -1.17. The van der Waals surface area contributed by atoms with Crippen LogP contribution < -0.4 is 5.32 Å². The molecule has 0 spiro atoms. The highest BCUT2D eigenvalue weighted by Gasteiger charge is 2.12. The molecule has 3 nitrogen and oxygen atoms in total. The molecule has 2 aromatic rings. The number of hydrogen-bond donors (Lipinski definition) is 1. The van der Waals surface area contributed by atoms with Gasteiger partial charge in [0.15, 0.2) is 0 Å². The van der Waals surface area contributed by atoms with Gasteiger partial charge < -0.3 is 4.74 Å². The Bertz CT molecular complexity index is 505. The highest BCUT2D eigenvalue weighted by molar-refractivity contribution is 7.14. The normalized spacial score (nSPS) is 12.3. The fraction of sp³-hybridized carbons (Fsp3) is 0.308. The summed E-state index contributed by atoms with van der Waals surface area (Å²) in [7, 11) is 1.40. The first kappa shape index (κ1) is 13.3. The number of carbonyl (C=O) groups is 1. The zero-order valence-corrected chi connectivity index (χ0v) is 11.9. The van der Waals surface area contributed by atoms with Crippen LogP contribution in [0.2, 0.25) is 0 Å². The highest BCUT2D eigenvalue weighted by Crippen LogP contribution is 2.29. The largest absolute Gasteiger partial charge is 0.468 e. The summed E-state index contributed by atoms with van der Waals surface area (Å²) in [6, 6.07) is 6.05. The summed E-state index contributed by atoms with van der Waals surface area (Å²) in [6.45, 7) is 2.49. The van der Waals surface area contributed by atoms with Crippen LogP contribution in [0.3, 0.4) is 0 Å². The highest BCUT2D eigenvalue weighted by atomic mass is 32.1. The van der Waals surface area contributed by atoms with Crippen molar-refractivity contribution in [3.05, 3.63) is 33.8 Å². The second kappa shape index (κ2) is 6.13. The van der Waals surface area contributed by atoms with Gasteiger partial charge in [-0.1, -0.05) is 6.07 Å². The summed E-state index contributed by atoms with van der Waals surface area (Å²) in [5, 5.41) is 7.37. The van der Waals surface area contributed by atoms with Crippen molar-refractivity contribution in [2.45, 2.75) is 19.5 Å². The summed E-state index contributed by atoms with van der Waals surface area (Å²) in [4.78, 5) is 13.7. The molecule has 0 saturated carbocycles. The molecular formula is C13H15NO2S2. The van der Waals surface area contributed by atoms with Crippen LogP contribution >= 0.6 is 22.7 Å².